The third-order valence-electron chi connectivity index (χ3n) is 3.23. The van der Waals surface area contributed by atoms with Crippen LogP contribution in [0.4, 0.5) is 4.79 Å². The summed E-state index contributed by atoms with van der Waals surface area (Å²) < 4.78 is 0. The normalized spacial score (nSPS) is 20.5. The maximum absolute atomic E-state index is 11.9. The molecular formula is C12H18N4O. The predicted molar refractivity (Wildman–Crippen MR) is 65.3 cm³/mol. The number of rotatable bonds is 3. The summed E-state index contributed by atoms with van der Waals surface area (Å²) in [5, 5.41) is 2.95. The fourth-order valence-corrected chi connectivity index (χ4v) is 1.94. The lowest BCUT2D eigenvalue weighted by atomic mass is 10.0. The molecule has 5 nitrogen and oxygen atoms in total. The summed E-state index contributed by atoms with van der Waals surface area (Å²) in [4.78, 5) is 17.8. The van der Waals surface area contributed by atoms with Crippen molar-refractivity contribution in [2.24, 2.45) is 5.73 Å². The number of nitrogens with one attached hydrogen (secondary N) is 1. The Morgan fingerprint density at radius 1 is 1.65 bits per heavy atom. The Labute approximate surface area is 101 Å². The van der Waals surface area contributed by atoms with E-state index in [2.05, 4.69) is 10.3 Å². The molecule has 1 saturated heterocycles. The van der Waals surface area contributed by atoms with Crippen molar-refractivity contribution in [2.75, 3.05) is 13.1 Å². The van der Waals surface area contributed by atoms with Crippen molar-refractivity contribution in [3.05, 3.63) is 30.1 Å². The zero-order chi connectivity index (χ0) is 12.5. The van der Waals surface area contributed by atoms with E-state index < -0.39 is 0 Å². The van der Waals surface area contributed by atoms with Gasteiger partial charge in [0.2, 0.25) is 0 Å². The highest BCUT2D eigenvalue weighted by Crippen LogP contribution is 2.25. The Morgan fingerprint density at radius 2 is 2.41 bits per heavy atom. The maximum atomic E-state index is 11.9. The molecule has 1 fully saturated rings. The molecule has 3 N–H and O–H groups in total. The molecule has 1 unspecified atom stereocenters. The van der Waals surface area contributed by atoms with E-state index in [-0.39, 0.29) is 17.6 Å². The van der Waals surface area contributed by atoms with Gasteiger partial charge in [-0.15, -0.1) is 0 Å². The molecular weight excluding hydrogens is 216 g/mol. The molecule has 0 aromatic carbocycles. The minimum Gasteiger partial charge on any atom is -0.329 e. The molecule has 0 bridgehead atoms. The molecule has 0 aliphatic carbocycles. The molecule has 0 saturated carbocycles. The quantitative estimate of drug-likeness (QED) is 0.815. The van der Waals surface area contributed by atoms with E-state index >= 15 is 0 Å². The van der Waals surface area contributed by atoms with E-state index in [0.717, 1.165) is 5.56 Å². The lowest BCUT2D eigenvalue weighted by Crippen LogP contribution is -2.50. The van der Waals surface area contributed by atoms with Gasteiger partial charge in [-0.05, 0) is 25.5 Å². The number of pyridine rings is 1. The van der Waals surface area contributed by atoms with Crippen LogP contribution >= 0.6 is 0 Å². The third kappa shape index (κ3) is 2.24. The number of hydrogen-bond acceptors (Lipinski definition) is 3. The molecule has 92 valence electrons. The average molecular weight is 234 g/mol. The molecule has 1 atom stereocenters. The first-order valence-corrected chi connectivity index (χ1v) is 5.73. The molecule has 2 rings (SSSR count). The van der Waals surface area contributed by atoms with Crippen LogP contribution in [0.15, 0.2) is 24.5 Å². The van der Waals surface area contributed by atoms with Gasteiger partial charge in [0.05, 0.1) is 11.6 Å². The van der Waals surface area contributed by atoms with Crippen LogP contribution in [0.3, 0.4) is 0 Å². The van der Waals surface area contributed by atoms with Gasteiger partial charge in [0.1, 0.15) is 0 Å². The molecule has 1 aromatic rings. The Hall–Kier alpha value is -1.62. The zero-order valence-electron chi connectivity index (χ0n) is 10.2. The molecule has 17 heavy (non-hydrogen) atoms. The Morgan fingerprint density at radius 3 is 3.00 bits per heavy atom. The van der Waals surface area contributed by atoms with Crippen molar-refractivity contribution in [3.63, 3.8) is 0 Å². The first-order valence-electron chi connectivity index (χ1n) is 5.73. The fraction of sp³-hybridized carbons (Fsp3) is 0.500. The van der Waals surface area contributed by atoms with E-state index in [1.807, 2.05) is 26.0 Å². The van der Waals surface area contributed by atoms with Crippen molar-refractivity contribution in [1.29, 1.82) is 0 Å². The van der Waals surface area contributed by atoms with Gasteiger partial charge in [0.25, 0.3) is 0 Å². The lowest BCUT2D eigenvalue weighted by Gasteiger charge is -2.33. The van der Waals surface area contributed by atoms with Crippen LogP contribution in [0.25, 0.3) is 0 Å². The Balaban J connectivity index is 2.16. The molecule has 2 amide bonds. The SMILES string of the molecule is CC(C)(CN)N1CC(c2cccnc2)NC1=O. The number of carbonyl (C=O) groups is 1. The second kappa shape index (κ2) is 4.33. The molecule has 0 radical (unpaired) electrons. The monoisotopic (exact) mass is 234 g/mol. The minimum absolute atomic E-state index is 0.00187. The lowest BCUT2D eigenvalue weighted by molar-refractivity contribution is 0.163. The van der Waals surface area contributed by atoms with Gasteiger partial charge >= 0.3 is 6.03 Å². The van der Waals surface area contributed by atoms with E-state index in [1.54, 1.807) is 17.3 Å². The van der Waals surface area contributed by atoms with E-state index in [4.69, 9.17) is 5.73 Å². The first-order chi connectivity index (χ1) is 8.04. The summed E-state index contributed by atoms with van der Waals surface area (Å²) in [6.07, 6.45) is 3.51. The number of carbonyl (C=O) groups excluding carboxylic acids is 1. The van der Waals surface area contributed by atoms with Crippen molar-refractivity contribution >= 4 is 6.03 Å². The van der Waals surface area contributed by atoms with Crippen LogP contribution < -0.4 is 11.1 Å². The number of aromatic nitrogens is 1. The topological polar surface area (TPSA) is 71.2 Å². The van der Waals surface area contributed by atoms with Crippen LogP contribution in [0.2, 0.25) is 0 Å². The Kier molecular flexibility index (Phi) is 3.02. The van der Waals surface area contributed by atoms with Crippen LogP contribution in [-0.4, -0.2) is 34.5 Å². The highest BCUT2D eigenvalue weighted by molar-refractivity contribution is 5.78. The highest BCUT2D eigenvalue weighted by Gasteiger charge is 2.38. The van der Waals surface area contributed by atoms with Gasteiger partial charge < -0.3 is 16.0 Å². The average Bonchev–Trinajstić information content (AvgIpc) is 2.73. The summed E-state index contributed by atoms with van der Waals surface area (Å²) in [7, 11) is 0. The standard InChI is InChI=1S/C12H18N4O/c1-12(2,8-13)16-7-10(15-11(16)17)9-4-3-5-14-6-9/h3-6,10H,7-8,13H2,1-2H3,(H,15,17). The van der Waals surface area contributed by atoms with Crippen molar-refractivity contribution in [3.8, 4) is 0 Å². The van der Waals surface area contributed by atoms with Crippen LogP contribution in [-0.2, 0) is 0 Å². The van der Waals surface area contributed by atoms with Crippen LogP contribution in [0, 0.1) is 0 Å². The number of nitrogens with two attached hydrogens (primary N) is 1. The second-order valence-electron chi connectivity index (χ2n) is 4.92. The van der Waals surface area contributed by atoms with Crippen molar-refractivity contribution in [2.45, 2.75) is 25.4 Å². The van der Waals surface area contributed by atoms with Crippen LogP contribution in [0.1, 0.15) is 25.5 Å². The number of hydrogen-bond donors (Lipinski definition) is 2. The van der Waals surface area contributed by atoms with Gasteiger partial charge in [0.15, 0.2) is 0 Å². The van der Waals surface area contributed by atoms with E-state index in [1.165, 1.54) is 0 Å². The molecule has 1 aliphatic rings. The highest BCUT2D eigenvalue weighted by atomic mass is 16.2. The van der Waals surface area contributed by atoms with E-state index in [0.29, 0.717) is 13.1 Å². The number of urea groups is 1. The molecule has 5 heteroatoms. The maximum Gasteiger partial charge on any atom is 0.318 e. The predicted octanol–water partition coefficient (Wildman–Crippen LogP) is 0.885. The van der Waals surface area contributed by atoms with Crippen LogP contribution in [0.5, 0.6) is 0 Å². The zero-order valence-corrected chi connectivity index (χ0v) is 10.2. The first kappa shape index (κ1) is 11.9. The van der Waals surface area contributed by atoms with Gasteiger partial charge in [-0.2, -0.15) is 0 Å². The summed E-state index contributed by atoms with van der Waals surface area (Å²) >= 11 is 0. The number of amides is 2. The fourth-order valence-electron chi connectivity index (χ4n) is 1.94. The molecule has 1 aromatic heterocycles. The molecule has 0 spiro atoms. The van der Waals surface area contributed by atoms with Gasteiger partial charge in [-0.3, -0.25) is 4.98 Å². The van der Waals surface area contributed by atoms with Crippen molar-refractivity contribution in [1.82, 2.24) is 15.2 Å². The number of nitrogens with zero attached hydrogens (tertiary/aromatic N) is 2. The van der Waals surface area contributed by atoms with Gasteiger partial charge in [0, 0.05) is 25.5 Å². The summed E-state index contributed by atoms with van der Waals surface area (Å²) in [5.74, 6) is 0. The Bertz CT molecular complexity index is 404. The largest absolute Gasteiger partial charge is 0.329 e. The summed E-state index contributed by atoms with van der Waals surface area (Å²) in [5.41, 5.74) is 6.40. The minimum atomic E-state index is -0.318. The van der Waals surface area contributed by atoms with Gasteiger partial charge in [-0.25, -0.2) is 4.79 Å². The summed E-state index contributed by atoms with van der Waals surface area (Å²) in [6.45, 7) is 5.02. The summed E-state index contributed by atoms with van der Waals surface area (Å²) in [6, 6.07) is 3.78. The smallest absolute Gasteiger partial charge is 0.318 e. The molecule has 2 heterocycles. The van der Waals surface area contributed by atoms with E-state index in [9.17, 15) is 4.79 Å². The molecule has 1 aliphatic heterocycles. The third-order valence-corrected chi connectivity index (χ3v) is 3.23. The van der Waals surface area contributed by atoms with Crippen molar-refractivity contribution < 1.29 is 4.79 Å². The van der Waals surface area contributed by atoms with Gasteiger partial charge in [-0.1, -0.05) is 6.07 Å². The second-order valence-corrected chi connectivity index (χ2v) is 4.92.